The third kappa shape index (κ3) is 5.05. The molecule has 9 heteroatoms. The van der Waals surface area contributed by atoms with Crippen molar-refractivity contribution in [3.63, 3.8) is 0 Å². The first-order valence-electron chi connectivity index (χ1n) is 10.8. The van der Waals surface area contributed by atoms with Crippen LogP contribution in [0.4, 0.5) is 10.2 Å². The van der Waals surface area contributed by atoms with Gasteiger partial charge in [0.1, 0.15) is 0 Å². The molecule has 0 bridgehead atoms. The van der Waals surface area contributed by atoms with Crippen LogP contribution in [0.5, 0.6) is 0 Å². The van der Waals surface area contributed by atoms with Crippen molar-refractivity contribution in [3.05, 3.63) is 84.6 Å². The normalized spacial score (nSPS) is 18.4. The monoisotopic (exact) mass is 574 g/mol. The number of fused-ring (bicyclic) bond motifs is 1. The fourth-order valence-corrected chi connectivity index (χ4v) is 9.10. The molecule has 34 heavy (non-hydrogen) atoms. The molecule has 7 nitrogen and oxygen atoms in total. The van der Waals surface area contributed by atoms with Gasteiger partial charge in [0.15, 0.2) is 0 Å². The summed E-state index contributed by atoms with van der Waals surface area (Å²) in [6, 6.07) is 10.2. The second kappa shape index (κ2) is 10.1. The van der Waals surface area contributed by atoms with Gasteiger partial charge in [-0.3, -0.25) is 0 Å². The summed E-state index contributed by atoms with van der Waals surface area (Å²) < 4.78 is 24.4. The van der Waals surface area contributed by atoms with Crippen LogP contribution in [-0.4, -0.2) is 65.7 Å². The zero-order chi connectivity index (χ0) is 24.3. The van der Waals surface area contributed by atoms with Crippen molar-refractivity contribution in [2.45, 2.75) is 6.54 Å². The SMILES string of the molecule is C=I1(c2ccc(F)cc2)N=Cc2c(C(=O)NCc3ccc(N(C)CCN(C)C)nc3)cncc21. The molecule has 0 fully saturated rings. The summed E-state index contributed by atoms with van der Waals surface area (Å²) in [5, 5.41) is 2.96. The Bertz CT molecular complexity index is 1260. The first-order valence-corrected chi connectivity index (χ1v) is 15.4. The molecule has 1 unspecified atom stereocenters. The Morgan fingerprint density at radius 1 is 1.06 bits per heavy atom. The first kappa shape index (κ1) is 24.1. The maximum absolute atomic E-state index is 13.4. The number of likely N-dealkylation sites (N-methyl/N-ethyl adjacent to an activating group) is 2. The minimum atomic E-state index is -3.22. The van der Waals surface area contributed by atoms with Crippen LogP contribution < -0.4 is 10.2 Å². The van der Waals surface area contributed by atoms with Gasteiger partial charge in [0.2, 0.25) is 0 Å². The summed E-state index contributed by atoms with van der Waals surface area (Å²) in [4.78, 5) is 26.0. The van der Waals surface area contributed by atoms with Crippen molar-refractivity contribution in [2.75, 3.05) is 39.1 Å². The molecule has 3 heterocycles. The average Bonchev–Trinajstić information content (AvgIpc) is 3.19. The summed E-state index contributed by atoms with van der Waals surface area (Å²) in [5.74, 6) is 0.356. The molecule has 1 aromatic carbocycles. The number of nitrogens with zero attached hydrogens (tertiary/aromatic N) is 5. The first-order chi connectivity index (χ1) is 16.3. The Balaban J connectivity index is 1.45. The van der Waals surface area contributed by atoms with Gasteiger partial charge in [-0.2, -0.15) is 0 Å². The maximum atomic E-state index is 13.4. The summed E-state index contributed by atoms with van der Waals surface area (Å²) in [5.41, 5.74) is 2.12. The molecule has 1 atom stereocenters. The number of rotatable bonds is 8. The molecule has 3 aromatic rings. The summed E-state index contributed by atoms with van der Waals surface area (Å²) in [7, 11) is 6.09. The van der Waals surface area contributed by atoms with Crippen molar-refractivity contribution in [2.24, 2.45) is 3.21 Å². The minimum absolute atomic E-state index is 0.229. The van der Waals surface area contributed by atoms with Crippen LogP contribution in [0.2, 0.25) is 0 Å². The zero-order valence-electron chi connectivity index (χ0n) is 19.5. The van der Waals surface area contributed by atoms with Crippen molar-refractivity contribution in [1.82, 2.24) is 20.2 Å². The number of hydrogen-bond donors (Lipinski definition) is 1. The summed E-state index contributed by atoms with van der Waals surface area (Å²) in [6.07, 6.45) is 6.79. The van der Waals surface area contributed by atoms with E-state index in [1.165, 1.54) is 12.1 Å². The topological polar surface area (TPSA) is 73.7 Å². The van der Waals surface area contributed by atoms with E-state index < -0.39 is 18.2 Å². The van der Waals surface area contributed by atoms with Crippen molar-refractivity contribution >= 4 is 40.7 Å². The molecule has 1 amide bonds. The van der Waals surface area contributed by atoms with Gasteiger partial charge in [-0.05, 0) is 14.1 Å². The molecule has 1 N–H and O–H groups in total. The molecular weight excluding hydrogens is 546 g/mol. The zero-order valence-corrected chi connectivity index (χ0v) is 21.7. The summed E-state index contributed by atoms with van der Waals surface area (Å²) >= 11 is -3.22. The van der Waals surface area contributed by atoms with Crippen molar-refractivity contribution < 1.29 is 9.18 Å². The van der Waals surface area contributed by atoms with Gasteiger partial charge < -0.3 is 4.90 Å². The van der Waals surface area contributed by atoms with Crippen molar-refractivity contribution in [3.8, 4) is 0 Å². The third-order valence-corrected chi connectivity index (χ3v) is 12.4. The fourth-order valence-electron chi connectivity index (χ4n) is 3.49. The van der Waals surface area contributed by atoms with Gasteiger partial charge in [-0.1, -0.05) is 0 Å². The number of amides is 1. The molecule has 1 aliphatic heterocycles. The van der Waals surface area contributed by atoms with Gasteiger partial charge in [-0.15, -0.1) is 0 Å². The van der Waals surface area contributed by atoms with Gasteiger partial charge in [0.05, 0.1) is 0 Å². The number of hydrogen-bond acceptors (Lipinski definition) is 6. The number of nitrogens with one attached hydrogen (secondary N) is 1. The Morgan fingerprint density at radius 3 is 2.50 bits per heavy atom. The molecule has 0 radical (unpaired) electrons. The number of halogens is 2. The average molecular weight is 574 g/mol. The second-order valence-electron chi connectivity index (χ2n) is 8.33. The van der Waals surface area contributed by atoms with E-state index >= 15 is 0 Å². The number of aromatic nitrogens is 2. The number of pyridine rings is 2. The van der Waals surface area contributed by atoms with Crippen LogP contribution in [0.3, 0.4) is 0 Å². The predicted octanol–water partition coefficient (Wildman–Crippen LogP) is 3.40. The van der Waals surface area contributed by atoms with Crippen LogP contribution in [0.25, 0.3) is 0 Å². The molecular formula is C25H28FIN6O. The van der Waals surface area contributed by atoms with E-state index in [9.17, 15) is 9.18 Å². The Hall–Kier alpha value is -3.05. The van der Waals surface area contributed by atoms with E-state index in [0.717, 1.165) is 37.2 Å². The number of anilines is 1. The van der Waals surface area contributed by atoms with Crippen LogP contribution in [0, 0.1) is 13.0 Å². The quantitative estimate of drug-likeness (QED) is 0.418. The number of carbonyl (C=O) groups excluding carboxylic acids is 1. The molecule has 0 spiro atoms. The van der Waals surface area contributed by atoms with Gasteiger partial charge in [-0.25, -0.2) is 0 Å². The molecule has 178 valence electrons. The van der Waals surface area contributed by atoms with Crippen LogP contribution in [0.1, 0.15) is 21.5 Å². The molecule has 0 saturated carbocycles. The van der Waals surface area contributed by atoms with Gasteiger partial charge in [0, 0.05) is 6.54 Å². The fraction of sp³-hybridized carbons (Fsp3) is 0.240. The van der Waals surface area contributed by atoms with Gasteiger partial charge >= 0.3 is 178 Å². The van der Waals surface area contributed by atoms with Crippen molar-refractivity contribution in [1.29, 1.82) is 0 Å². The standard InChI is InChI=1S/C25H28FIN6O/c1-27(20-8-6-19(26)7-9-20)23-17-28-15-22(21(23)16-31-27)25(34)30-14-18-5-10-24(29-13-18)33(4)12-11-32(2)3/h5-10,13,15-17H,1,11-12,14H2,2-4H3,(H,30,34). The molecule has 1 aliphatic rings. The van der Waals surface area contributed by atoms with E-state index in [4.69, 9.17) is 3.21 Å². The van der Waals surface area contributed by atoms with E-state index in [1.807, 2.05) is 33.3 Å². The molecule has 2 aromatic heterocycles. The van der Waals surface area contributed by atoms with Crippen LogP contribution >= 0.6 is 18.2 Å². The Labute approximate surface area is 203 Å². The number of benzene rings is 1. The van der Waals surface area contributed by atoms with E-state index in [0.29, 0.717) is 12.1 Å². The second-order valence-corrected chi connectivity index (χ2v) is 15.0. The predicted molar refractivity (Wildman–Crippen MR) is 144 cm³/mol. The Morgan fingerprint density at radius 2 is 1.82 bits per heavy atom. The van der Waals surface area contributed by atoms with E-state index in [-0.39, 0.29) is 11.7 Å². The van der Waals surface area contributed by atoms with Crippen LogP contribution in [0.15, 0.2) is 58.2 Å². The molecule has 0 aliphatic carbocycles. The number of carbonyl (C=O) groups is 1. The van der Waals surface area contributed by atoms with Gasteiger partial charge in [0.25, 0.3) is 0 Å². The Kier molecular flexibility index (Phi) is 7.13. The molecule has 0 saturated heterocycles. The third-order valence-electron chi connectivity index (χ3n) is 5.57. The van der Waals surface area contributed by atoms with Crippen LogP contribution in [-0.2, 0) is 6.54 Å². The van der Waals surface area contributed by atoms with E-state index in [1.54, 1.807) is 36.9 Å². The molecule has 4 rings (SSSR count). The van der Waals surface area contributed by atoms with E-state index in [2.05, 4.69) is 29.6 Å². The summed E-state index contributed by atoms with van der Waals surface area (Å²) in [6.45, 7) is 2.16.